The first-order valence-corrected chi connectivity index (χ1v) is 16.4. The van der Waals surface area contributed by atoms with Crippen molar-refractivity contribution >= 4 is 50.7 Å². The fourth-order valence-electron chi connectivity index (χ4n) is 5.18. The first-order valence-electron chi connectivity index (χ1n) is 13.8. The van der Waals surface area contributed by atoms with Crippen LogP contribution in [0.3, 0.4) is 0 Å². The molecule has 7 nitrogen and oxygen atoms in total. The predicted molar refractivity (Wildman–Crippen MR) is 165 cm³/mol. The highest BCUT2D eigenvalue weighted by molar-refractivity contribution is 7.92. The molecule has 42 heavy (non-hydrogen) atoms. The molecule has 3 aromatic rings. The van der Waals surface area contributed by atoms with Crippen molar-refractivity contribution in [1.29, 1.82) is 0 Å². The number of nitrogens with zero attached hydrogens (tertiary/aromatic N) is 2. The topological polar surface area (TPSA) is 86.8 Å². The van der Waals surface area contributed by atoms with Crippen molar-refractivity contribution in [3.05, 3.63) is 99.8 Å². The number of anilines is 1. The van der Waals surface area contributed by atoms with E-state index in [4.69, 9.17) is 23.2 Å². The molecule has 1 N–H and O–H groups in total. The number of carbonyl (C=O) groups is 2. The van der Waals surface area contributed by atoms with Crippen molar-refractivity contribution in [2.24, 2.45) is 0 Å². The van der Waals surface area contributed by atoms with E-state index in [2.05, 4.69) is 5.32 Å². The lowest BCUT2D eigenvalue weighted by Gasteiger charge is -2.35. The maximum absolute atomic E-state index is 14.1. The number of sulfonamides is 1. The molecule has 0 radical (unpaired) electrons. The van der Waals surface area contributed by atoms with Gasteiger partial charge in [-0.15, -0.1) is 0 Å². The second-order valence-electron chi connectivity index (χ2n) is 10.6. The molecule has 224 valence electrons. The van der Waals surface area contributed by atoms with Gasteiger partial charge >= 0.3 is 0 Å². The summed E-state index contributed by atoms with van der Waals surface area (Å²) in [6, 6.07) is 18.2. The Morgan fingerprint density at radius 3 is 2.33 bits per heavy atom. The summed E-state index contributed by atoms with van der Waals surface area (Å²) in [6.07, 6.45) is 5.96. The third kappa shape index (κ3) is 8.69. The van der Waals surface area contributed by atoms with Crippen LogP contribution in [0, 0.1) is 5.82 Å². The van der Waals surface area contributed by atoms with Gasteiger partial charge in [-0.2, -0.15) is 0 Å². The molecule has 1 atom stereocenters. The number of benzene rings is 3. The first-order chi connectivity index (χ1) is 20.0. The van der Waals surface area contributed by atoms with E-state index in [0.29, 0.717) is 15.6 Å². The second kappa shape index (κ2) is 14.4. The van der Waals surface area contributed by atoms with Gasteiger partial charge in [0.2, 0.25) is 21.8 Å². The second-order valence-corrected chi connectivity index (χ2v) is 13.3. The van der Waals surface area contributed by atoms with Gasteiger partial charge in [-0.1, -0.05) is 84.9 Å². The van der Waals surface area contributed by atoms with E-state index in [1.807, 2.05) is 30.3 Å². The Hall–Kier alpha value is -3.14. The summed E-state index contributed by atoms with van der Waals surface area (Å²) >= 11 is 12.6. The number of hydrogen-bond donors (Lipinski definition) is 1. The van der Waals surface area contributed by atoms with Crippen LogP contribution >= 0.6 is 23.2 Å². The molecule has 11 heteroatoms. The largest absolute Gasteiger partial charge is 0.352 e. The lowest BCUT2D eigenvalue weighted by molar-refractivity contribution is -0.140. The summed E-state index contributed by atoms with van der Waals surface area (Å²) in [5, 5.41) is 3.85. The van der Waals surface area contributed by atoms with Gasteiger partial charge in [-0.05, 0) is 54.3 Å². The number of carbonyl (C=O) groups excluding carboxylic acids is 2. The predicted octanol–water partition coefficient (Wildman–Crippen LogP) is 5.99. The minimum absolute atomic E-state index is 0.00147. The number of rotatable bonds is 11. The Labute approximate surface area is 256 Å². The molecule has 0 heterocycles. The summed E-state index contributed by atoms with van der Waals surface area (Å²) in [5.41, 5.74) is 1.36. The van der Waals surface area contributed by atoms with Crippen LogP contribution in [-0.4, -0.2) is 50.0 Å². The van der Waals surface area contributed by atoms with E-state index in [0.717, 1.165) is 54.3 Å². The zero-order chi connectivity index (χ0) is 30.3. The van der Waals surface area contributed by atoms with Crippen LogP contribution in [-0.2, 0) is 32.6 Å². The highest BCUT2D eigenvalue weighted by atomic mass is 35.5. The number of nitrogens with one attached hydrogen (secondary N) is 1. The van der Waals surface area contributed by atoms with Gasteiger partial charge in [-0.3, -0.25) is 13.9 Å². The van der Waals surface area contributed by atoms with E-state index in [9.17, 15) is 22.4 Å². The average Bonchev–Trinajstić information content (AvgIpc) is 2.95. The Morgan fingerprint density at radius 2 is 1.69 bits per heavy atom. The van der Waals surface area contributed by atoms with Crippen molar-refractivity contribution in [3.8, 4) is 0 Å². The molecule has 3 aromatic carbocycles. The zero-order valence-corrected chi connectivity index (χ0v) is 25.6. The summed E-state index contributed by atoms with van der Waals surface area (Å²) in [4.78, 5) is 29.5. The molecule has 4 rings (SSSR count). The number of hydrogen-bond acceptors (Lipinski definition) is 4. The molecule has 0 spiro atoms. The fraction of sp³-hybridized carbons (Fsp3) is 0.355. The monoisotopic (exact) mass is 633 g/mol. The van der Waals surface area contributed by atoms with Crippen LogP contribution in [0.15, 0.2) is 72.8 Å². The van der Waals surface area contributed by atoms with E-state index >= 15 is 0 Å². The number of halogens is 3. The Bertz CT molecular complexity index is 1500. The minimum Gasteiger partial charge on any atom is -0.352 e. The maximum atomic E-state index is 14.1. The van der Waals surface area contributed by atoms with Crippen molar-refractivity contribution in [1.82, 2.24) is 10.2 Å². The molecule has 0 bridgehead atoms. The van der Waals surface area contributed by atoms with E-state index in [1.165, 1.54) is 23.1 Å². The lowest BCUT2D eigenvalue weighted by Crippen LogP contribution is -2.55. The van der Waals surface area contributed by atoms with Crippen LogP contribution in [0.4, 0.5) is 10.1 Å². The van der Waals surface area contributed by atoms with Crippen molar-refractivity contribution in [2.45, 2.75) is 57.2 Å². The fourth-order valence-corrected chi connectivity index (χ4v) is 6.49. The molecule has 1 unspecified atom stereocenters. The SMILES string of the molecule is CS(=O)(=O)N(CC(=O)N(Cc1ccc(Cl)cc1Cl)C(Cc1ccccc1)C(=O)NC1CCCCC1)c1cccc(F)c1. The van der Waals surface area contributed by atoms with Gasteiger partial charge < -0.3 is 10.2 Å². The molecular weight excluding hydrogens is 600 g/mol. The third-order valence-corrected chi connectivity index (χ3v) is 9.08. The van der Waals surface area contributed by atoms with Gasteiger partial charge in [-0.25, -0.2) is 12.8 Å². The van der Waals surface area contributed by atoms with Gasteiger partial charge in [0.1, 0.15) is 18.4 Å². The smallest absolute Gasteiger partial charge is 0.244 e. The van der Waals surface area contributed by atoms with E-state index < -0.39 is 34.3 Å². The third-order valence-electron chi connectivity index (χ3n) is 7.35. The summed E-state index contributed by atoms with van der Waals surface area (Å²) in [6.45, 7) is -0.722. The van der Waals surface area contributed by atoms with Crippen LogP contribution in [0.25, 0.3) is 0 Å². The molecule has 2 amide bonds. The highest BCUT2D eigenvalue weighted by Gasteiger charge is 2.34. The zero-order valence-electron chi connectivity index (χ0n) is 23.3. The molecule has 1 aliphatic rings. The molecule has 1 aliphatic carbocycles. The molecule has 0 aliphatic heterocycles. The summed E-state index contributed by atoms with van der Waals surface area (Å²) < 4.78 is 40.6. The maximum Gasteiger partial charge on any atom is 0.244 e. The average molecular weight is 635 g/mol. The van der Waals surface area contributed by atoms with Gasteiger partial charge in [0.25, 0.3) is 0 Å². The van der Waals surface area contributed by atoms with E-state index in [1.54, 1.807) is 18.2 Å². The quantitative estimate of drug-likeness (QED) is 0.281. The molecule has 0 aromatic heterocycles. The van der Waals surface area contributed by atoms with Crippen molar-refractivity contribution in [2.75, 3.05) is 17.1 Å². The minimum atomic E-state index is -4.00. The van der Waals surface area contributed by atoms with Crippen LogP contribution in [0.2, 0.25) is 10.0 Å². The van der Waals surface area contributed by atoms with Crippen molar-refractivity contribution < 1.29 is 22.4 Å². The van der Waals surface area contributed by atoms with Gasteiger partial charge in [0.15, 0.2) is 0 Å². The van der Waals surface area contributed by atoms with E-state index in [-0.39, 0.29) is 30.6 Å². The molecule has 1 fully saturated rings. The first kappa shape index (κ1) is 31.8. The Morgan fingerprint density at radius 1 is 0.976 bits per heavy atom. The van der Waals surface area contributed by atoms with Crippen LogP contribution in [0.5, 0.6) is 0 Å². The summed E-state index contributed by atoms with van der Waals surface area (Å²) in [5.74, 6) is -1.62. The van der Waals surface area contributed by atoms with Gasteiger partial charge in [0.05, 0.1) is 11.9 Å². The van der Waals surface area contributed by atoms with Gasteiger partial charge in [0, 0.05) is 29.1 Å². The normalized spacial score (nSPS) is 14.7. The van der Waals surface area contributed by atoms with Crippen LogP contribution in [0.1, 0.15) is 43.2 Å². The Balaban J connectivity index is 1.74. The lowest BCUT2D eigenvalue weighted by atomic mass is 9.94. The van der Waals surface area contributed by atoms with Crippen molar-refractivity contribution in [3.63, 3.8) is 0 Å². The Kier molecular flexibility index (Phi) is 10.9. The molecule has 0 saturated heterocycles. The standard InChI is InChI=1S/C31H34Cl2FN3O4S/c1-42(40,41)37(27-14-8-11-25(34)19-27)21-30(38)36(20-23-15-16-24(32)18-28(23)33)29(17-22-9-4-2-5-10-22)31(39)35-26-12-6-3-7-13-26/h2,4-5,8-11,14-16,18-19,26,29H,3,6-7,12-13,17,20-21H2,1H3,(H,35,39). The van der Waals surface area contributed by atoms with Crippen LogP contribution < -0.4 is 9.62 Å². The molecule has 1 saturated carbocycles. The number of amides is 2. The summed E-state index contributed by atoms with van der Waals surface area (Å²) in [7, 11) is -4.00. The highest BCUT2D eigenvalue weighted by Crippen LogP contribution is 2.26. The molecular formula is C31H34Cl2FN3O4S.